The van der Waals surface area contributed by atoms with Crippen molar-refractivity contribution >= 4 is 44.9 Å². The van der Waals surface area contributed by atoms with Gasteiger partial charge in [0.1, 0.15) is 10.7 Å². The second-order valence-electron chi connectivity index (χ2n) is 6.64. The van der Waals surface area contributed by atoms with E-state index in [1.807, 2.05) is 30.3 Å². The molecule has 3 heterocycles. The summed E-state index contributed by atoms with van der Waals surface area (Å²) in [5.74, 6) is -0.721. The average molecular weight is 514 g/mol. The first kappa shape index (κ1) is 21.3. The molecule has 0 unspecified atom stereocenters. The predicted octanol–water partition coefficient (Wildman–Crippen LogP) is 4.97. The van der Waals surface area contributed by atoms with Gasteiger partial charge in [0.25, 0.3) is 5.91 Å². The Hall–Kier alpha value is -2.92. The Kier molecular flexibility index (Phi) is 5.48. The number of aryl methyl sites for hydroxylation is 1. The fourth-order valence-corrected chi connectivity index (χ4v) is 3.67. The maximum atomic E-state index is 13.4. The largest absolute Gasteiger partial charge is 0.433 e. The van der Waals surface area contributed by atoms with Gasteiger partial charge in [0.2, 0.25) is 0 Å². The second-order valence-corrected chi connectivity index (χ2v) is 7.84. The molecule has 12 heteroatoms. The Morgan fingerprint density at radius 3 is 2.61 bits per heavy atom. The molecule has 0 saturated carbocycles. The van der Waals surface area contributed by atoms with Gasteiger partial charge in [-0.15, -0.1) is 0 Å². The summed E-state index contributed by atoms with van der Waals surface area (Å²) in [6.45, 7) is 1.85. The summed E-state index contributed by atoms with van der Waals surface area (Å²) in [7, 11) is 0. The number of carbonyl (C=O) groups is 1. The van der Waals surface area contributed by atoms with Crippen LogP contribution in [0.15, 0.2) is 47.1 Å². The highest BCUT2D eigenvalue weighted by atomic mass is 79.9. The number of alkyl halides is 3. The Bertz CT molecular complexity index is 1290. The molecule has 0 fully saturated rings. The molecule has 0 radical (unpaired) electrons. The molecule has 0 spiro atoms. The van der Waals surface area contributed by atoms with Crippen molar-refractivity contribution in [3.05, 3.63) is 74.7 Å². The van der Waals surface area contributed by atoms with Crippen LogP contribution in [0.25, 0.3) is 5.65 Å². The van der Waals surface area contributed by atoms with Crippen LogP contribution in [0, 0.1) is 6.92 Å². The van der Waals surface area contributed by atoms with Crippen LogP contribution in [0.2, 0.25) is 5.02 Å². The monoisotopic (exact) mass is 512 g/mol. The zero-order valence-electron chi connectivity index (χ0n) is 15.8. The molecule has 7 nitrogen and oxygen atoms in total. The highest BCUT2D eigenvalue weighted by Gasteiger charge is 2.36. The van der Waals surface area contributed by atoms with E-state index in [-0.39, 0.29) is 32.3 Å². The summed E-state index contributed by atoms with van der Waals surface area (Å²) in [6.07, 6.45) is -3.14. The van der Waals surface area contributed by atoms with Crippen molar-refractivity contribution < 1.29 is 18.0 Å². The van der Waals surface area contributed by atoms with Gasteiger partial charge in [-0.3, -0.25) is 9.48 Å². The molecular weight excluding hydrogens is 501 g/mol. The van der Waals surface area contributed by atoms with Crippen LogP contribution in [0.3, 0.4) is 0 Å². The lowest BCUT2D eigenvalue weighted by Gasteiger charge is -2.09. The van der Waals surface area contributed by atoms with Crippen molar-refractivity contribution in [2.45, 2.75) is 19.6 Å². The normalized spacial score (nSPS) is 11.8. The van der Waals surface area contributed by atoms with Crippen molar-refractivity contribution in [2.75, 3.05) is 5.32 Å². The number of carbonyl (C=O) groups excluding carboxylic acids is 1. The quantitative estimate of drug-likeness (QED) is 0.418. The zero-order valence-corrected chi connectivity index (χ0v) is 18.1. The molecule has 4 rings (SSSR count). The van der Waals surface area contributed by atoms with E-state index in [2.05, 4.69) is 36.4 Å². The third-order valence-electron chi connectivity index (χ3n) is 4.30. The Morgan fingerprint density at radius 2 is 1.94 bits per heavy atom. The number of benzene rings is 1. The van der Waals surface area contributed by atoms with E-state index in [0.29, 0.717) is 11.1 Å². The maximum absolute atomic E-state index is 13.4. The minimum Gasteiger partial charge on any atom is -0.302 e. The van der Waals surface area contributed by atoms with Gasteiger partial charge in [-0.2, -0.15) is 23.4 Å². The summed E-state index contributed by atoms with van der Waals surface area (Å²) in [4.78, 5) is 16.8. The lowest BCUT2D eigenvalue weighted by Crippen LogP contribution is -2.16. The average Bonchev–Trinajstić information content (AvgIpc) is 3.21. The van der Waals surface area contributed by atoms with Crippen molar-refractivity contribution in [1.82, 2.24) is 24.4 Å². The van der Waals surface area contributed by atoms with Gasteiger partial charge >= 0.3 is 6.18 Å². The summed E-state index contributed by atoms with van der Waals surface area (Å²) in [5.41, 5.74) is -0.339. The molecule has 0 aliphatic carbocycles. The molecule has 0 aliphatic rings. The van der Waals surface area contributed by atoms with Crippen molar-refractivity contribution in [3.63, 3.8) is 0 Å². The lowest BCUT2D eigenvalue weighted by atomic mass is 10.2. The van der Waals surface area contributed by atoms with E-state index in [9.17, 15) is 18.0 Å². The van der Waals surface area contributed by atoms with Crippen molar-refractivity contribution in [1.29, 1.82) is 0 Å². The number of rotatable bonds is 4. The molecule has 160 valence electrons. The van der Waals surface area contributed by atoms with Crippen LogP contribution in [0.5, 0.6) is 0 Å². The van der Waals surface area contributed by atoms with Gasteiger partial charge in [0.05, 0.1) is 11.0 Å². The van der Waals surface area contributed by atoms with Crippen LogP contribution in [-0.4, -0.2) is 30.3 Å². The first-order chi connectivity index (χ1) is 14.6. The number of fused-ring (bicyclic) bond motifs is 1. The number of hydrogen-bond acceptors (Lipinski definition) is 4. The van der Waals surface area contributed by atoms with E-state index in [0.717, 1.165) is 11.6 Å². The first-order valence-corrected chi connectivity index (χ1v) is 10.0. The molecule has 3 aromatic heterocycles. The molecule has 0 bridgehead atoms. The van der Waals surface area contributed by atoms with Crippen LogP contribution in [0.4, 0.5) is 19.0 Å². The molecule has 1 aromatic carbocycles. The van der Waals surface area contributed by atoms with Crippen molar-refractivity contribution in [2.24, 2.45) is 0 Å². The smallest absolute Gasteiger partial charge is 0.302 e. The molecule has 1 N–H and O–H groups in total. The fraction of sp³-hybridized carbons (Fsp3) is 0.158. The number of hydrogen-bond donors (Lipinski definition) is 1. The van der Waals surface area contributed by atoms with Gasteiger partial charge in [0, 0.05) is 11.9 Å². The molecule has 4 aromatic rings. The molecule has 0 atom stereocenters. The highest BCUT2D eigenvalue weighted by molar-refractivity contribution is 9.10. The number of aromatic nitrogens is 5. The SMILES string of the molecule is Cc1cc(C(F)(F)F)n2nc(C(=O)Nc3nn(Cc4ccccc4)cc3Cl)c(Br)c2n1. The highest BCUT2D eigenvalue weighted by Crippen LogP contribution is 2.32. The van der Waals surface area contributed by atoms with Crippen LogP contribution in [-0.2, 0) is 12.7 Å². The molecule has 0 aliphatic heterocycles. The van der Waals surface area contributed by atoms with Gasteiger partial charge in [-0.05, 0) is 34.5 Å². The third-order valence-corrected chi connectivity index (χ3v) is 5.31. The number of nitrogens with one attached hydrogen (secondary N) is 1. The first-order valence-electron chi connectivity index (χ1n) is 8.85. The summed E-state index contributed by atoms with van der Waals surface area (Å²) in [6, 6.07) is 10.3. The van der Waals surface area contributed by atoms with E-state index in [1.165, 1.54) is 13.1 Å². The standard InChI is InChI=1S/C19H13BrClF3N6O/c1-10-7-13(19(22,23)24)30-17(25-10)14(20)15(27-30)18(31)26-16-12(21)9-29(28-16)8-11-5-3-2-4-6-11/h2-7,9H,8H2,1H3,(H,26,28,31). The topological polar surface area (TPSA) is 77.1 Å². The molecular formula is C19H13BrClF3N6O. The van der Waals surface area contributed by atoms with E-state index < -0.39 is 17.8 Å². The minimum absolute atomic E-state index is 0.0269. The molecule has 1 amide bonds. The Balaban J connectivity index is 1.64. The van der Waals surface area contributed by atoms with E-state index >= 15 is 0 Å². The van der Waals surface area contributed by atoms with Crippen LogP contribution < -0.4 is 5.32 Å². The predicted molar refractivity (Wildman–Crippen MR) is 111 cm³/mol. The van der Waals surface area contributed by atoms with Gasteiger partial charge in [-0.25, -0.2) is 9.50 Å². The van der Waals surface area contributed by atoms with Crippen LogP contribution in [0.1, 0.15) is 27.4 Å². The second kappa shape index (κ2) is 7.97. The lowest BCUT2D eigenvalue weighted by molar-refractivity contribution is -0.142. The van der Waals surface area contributed by atoms with Gasteiger partial charge < -0.3 is 5.32 Å². The number of anilines is 1. The maximum Gasteiger partial charge on any atom is 0.433 e. The van der Waals surface area contributed by atoms with Crippen molar-refractivity contribution in [3.8, 4) is 0 Å². The third kappa shape index (κ3) is 4.28. The zero-order chi connectivity index (χ0) is 22.3. The minimum atomic E-state index is -4.68. The van der Waals surface area contributed by atoms with Crippen LogP contribution >= 0.6 is 27.5 Å². The van der Waals surface area contributed by atoms with E-state index in [4.69, 9.17) is 11.6 Å². The van der Waals surface area contributed by atoms with Gasteiger partial charge in [-0.1, -0.05) is 41.9 Å². The summed E-state index contributed by atoms with van der Waals surface area (Å²) in [5, 5.41) is 10.7. The number of nitrogens with zero attached hydrogens (tertiary/aromatic N) is 5. The van der Waals surface area contributed by atoms with Gasteiger partial charge in [0.15, 0.2) is 17.2 Å². The fourth-order valence-electron chi connectivity index (χ4n) is 2.96. The molecule has 31 heavy (non-hydrogen) atoms. The Morgan fingerprint density at radius 1 is 1.23 bits per heavy atom. The molecule has 0 saturated heterocycles. The Labute approximate surface area is 187 Å². The number of amides is 1. The summed E-state index contributed by atoms with van der Waals surface area (Å²) < 4.78 is 42.3. The number of halogens is 5. The summed E-state index contributed by atoms with van der Waals surface area (Å²) >= 11 is 9.31. The van der Waals surface area contributed by atoms with E-state index in [1.54, 1.807) is 4.68 Å².